The van der Waals surface area contributed by atoms with E-state index in [0.29, 0.717) is 36.3 Å². The quantitative estimate of drug-likeness (QED) is 0.768. The lowest BCUT2D eigenvalue weighted by Gasteiger charge is -2.30. The highest BCUT2D eigenvalue weighted by atomic mass is 79.9. The summed E-state index contributed by atoms with van der Waals surface area (Å²) in [6.45, 7) is 1.19. The van der Waals surface area contributed by atoms with Crippen LogP contribution in [0.4, 0.5) is 0 Å². The van der Waals surface area contributed by atoms with Gasteiger partial charge in [-0.1, -0.05) is 15.9 Å². The fourth-order valence-corrected chi connectivity index (χ4v) is 3.72. The first-order valence-electron chi connectivity index (χ1n) is 7.78. The van der Waals surface area contributed by atoms with Gasteiger partial charge < -0.3 is 9.47 Å². The Balaban J connectivity index is 1.61. The van der Waals surface area contributed by atoms with Crippen molar-refractivity contribution >= 4 is 39.1 Å². The molecule has 2 heterocycles. The van der Waals surface area contributed by atoms with Gasteiger partial charge in [0.15, 0.2) is 4.80 Å². The first-order valence-corrected chi connectivity index (χ1v) is 9.45. The molecule has 1 aromatic carbocycles. The lowest BCUT2D eigenvalue weighted by atomic mass is 9.95. The monoisotopic (exact) mass is 407 g/mol. The van der Waals surface area contributed by atoms with Crippen molar-refractivity contribution in [3.63, 3.8) is 0 Å². The van der Waals surface area contributed by atoms with Gasteiger partial charge in [-0.3, -0.25) is 9.59 Å². The Morgan fingerprint density at radius 2 is 1.88 bits per heavy atom. The fourth-order valence-electron chi connectivity index (χ4n) is 2.72. The number of likely N-dealkylation sites (tertiary alicyclic amines) is 1. The van der Waals surface area contributed by atoms with E-state index in [1.165, 1.54) is 11.3 Å². The van der Waals surface area contributed by atoms with Crippen LogP contribution in [0.5, 0.6) is 0 Å². The summed E-state index contributed by atoms with van der Waals surface area (Å²) in [4.78, 5) is 31.6. The molecule has 7 heteroatoms. The maximum atomic E-state index is 12.5. The molecule has 0 unspecified atom stereocenters. The summed E-state index contributed by atoms with van der Waals surface area (Å²) in [5, 5.41) is 1.91. The van der Waals surface area contributed by atoms with E-state index in [9.17, 15) is 9.59 Å². The van der Waals surface area contributed by atoms with Crippen molar-refractivity contribution in [2.45, 2.75) is 12.8 Å². The summed E-state index contributed by atoms with van der Waals surface area (Å²) in [6, 6.07) is 7.36. The summed E-state index contributed by atoms with van der Waals surface area (Å²) in [5.74, 6) is -0.153. The average molecular weight is 408 g/mol. The van der Waals surface area contributed by atoms with Crippen molar-refractivity contribution in [2.24, 2.45) is 18.0 Å². The molecule has 1 aliphatic heterocycles. The van der Waals surface area contributed by atoms with Crippen LogP contribution in [0, 0.1) is 5.92 Å². The van der Waals surface area contributed by atoms with Crippen LogP contribution in [0.1, 0.15) is 23.2 Å². The van der Waals surface area contributed by atoms with Crippen molar-refractivity contribution in [1.82, 2.24) is 9.47 Å². The van der Waals surface area contributed by atoms with Crippen molar-refractivity contribution < 1.29 is 9.59 Å². The summed E-state index contributed by atoms with van der Waals surface area (Å²) < 4.78 is 2.79. The second-order valence-electron chi connectivity index (χ2n) is 5.82. The molecular weight excluding hydrogens is 390 g/mol. The van der Waals surface area contributed by atoms with Crippen molar-refractivity contribution in [2.75, 3.05) is 13.1 Å². The molecule has 5 nitrogen and oxygen atoms in total. The van der Waals surface area contributed by atoms with Gasteiger partial charge in [0.05, 0.1) is 0 Å². The van der Waals surface area contributed by atoms with E-state index >= 15 is 0 Å². The molecule has 0 N–H and O–H groups in total. The number of thiazole rings is 1. The van der Waals surface area contributed by atoms with Crippen molar-refractivity contribution in [1.29, 1.82) is 0 Å². The number of benzene rings is 1. The van der Waals surface area contributed by atoms with Crippen LogP contribution in [-0.4, -0.2) is 34.4 Å². The van der Waals surface area contributed by atoms with Gasteiger partial charge in [-0.2, -0.15) is 4.99 Å². The van der Waals surface area contributed by atoms with Crippen molar-refractivity contribution in [3.8, 4) is 0 Å². The minimum atomic E-state index is -0.0962. The number of carbonyl (C=O) groups is 2. The Morgan fingerprint density at radius 3 is 2.46 bits per heavy atom. The molecule has 2 aromatic rings. The number of carbonyl (C=O) groups excluding carboxylic acids is 2. The highest BCUT2D eigenvalue weighted by molar-refractivity contribution is 9.10. The Bertz CT molecular complexity index is 802. The van der Waals surface area contributed by atoms with E-state index in [0.717, 1.165) is 4.47 Å². The third-order valence-corrected chi connectivity index (χ3v) is 5.56. The molecule has 2 amide bonds. The first kappa shape index (κ1) is 17.1. The second kappa shape index (κ2) is 7.44. The van der Waals surface area contributed by atoms with E-state index in [2.05, 4.69) is 20.9 Å². The summed E-state index contributed by atoms with van der Waals surface area (Å²) in [7, 11) is 1.88. The molecule has 1 aliphatic rings. The van der Waals surface area contributed by atoms with Crippen LogP contribution < -0.4 is 4.80 Å². The lowest BCUT2D eigenvalue weighted by Crippen LogP contribution is -2.40. The number of piperidine rings is 1. The zero-order chi connectivity index (χ0) is 17.1. The largest absolute Gasteiger partial charge is 0.339 e. The average Bonchev–Trinajstić information content (AvgIpc) is 3.00. The van der Waals surface area contributed by atoms with Gasteiger partial charge in [0.25, 0.3) is 11.8 Å². The number of hydrogen-bond donors (Lipinski definition) is 0. The van der Waals surface area contributed by atoms with Gasteiger partial charge in [0.1, 0.15) is 0 Å². The molecule has 0 atom stereocenters. The van der Waals surface area contributed by atoms with Gasteiger partial charge in [-0.25, -0.2) is 0 Å². The van der Waals surface area contributed by atoms with E-state index in [-0.39, 0.29) is 17.7 Å². The van der Waals surface area contributed by atoms with Gasteiger partial charge in [-0.15, -0.1) is 11.3 Å². The lowest BCUT2D eigenvalue weighted by molar-refractivity contribution is -0.123. The molecule has 1 saturated heterocycles. The Morgan fingerprint density at radius 1 is 1.21 bits per heavy atom. The van der Waals surface area contributed by atoms with Gasteiger partial charge >= 0.3 is 0 Å². The van der Waals surface area contributed by atoms with Crippen LogP contribution in [0.15, 0.2) is 45.3 Å². The zero-order valence-corrected chi connectivity index (χ0v) is 15.7. The molecule has 126 valence electrons. The van der Waals surface area contributed by atoms with Crippen LogP contribution in [-0.2, 0) is 11.8 Å². The maximum Gasteiger partial charge on any atom is 0.253 e. The number of aryl methyl sites for hydroxylation is 1. The number of aromatic nitrogens is 1. The van der Waals surface area contributed by atoms with E-state index in [1.807, 2.05) is 52.4 Å². The first-order chi connectivity index (χ1) is 11.5. The molecule has 0 saturated carbocycles. The summed E-state index contributed by atoms with van der Waals surface area (Å²) in [5.41, 5.74) is 0.679. The molecule has 24 heavy (non-hydrogen) atoms. The molecule has 0 radical (unpaired) electrons. The second-order valence-corrected chi connectivity index (χ2v) is 7.61. The molecular formula is C17H18BrN3O2S. The van der Waals surface area contributed by atoms with Crippen LogP contribution >= 0.6 is 27.3 Å². The standard InChI is InChI=1S/C17H18BrN3O2S/c1-20-10-11-24-17(20)19-15(22)12-6-8-21(9-7-12)16(23)13-2-4-14(18)5-3-13/h2-5,10-12H,6-9H2,1H3. The number of nitrogens with zero attached hydrogens (tertiary/aromatic N) is 3. The number of amides is 2. The predicted molar refractivity (Wildman–Crippen MR) is 96.6 cm³/mol. The maximum absolute atomic E-state index is 12.5. The molecule has 0 aliphatic carbocycles. The zero-order valence-electron chi connectivity index (χ0n) is 13.3. The van der Waals surface area contributed by atoms with Crippen LogP contribution in [0.2, 0.25) is 0 Å². The van der Waals surface area contributed by atoms with E-state index in [4.69, 9.17) is 0 Å². The third kappa shape index (κ3) is 3.84. The highest BCUT2D eigenvalue weighted by Crippen LogP contribution is 2.21. The van der Waals surface area contributed by atoms with E-state index in [1.54, 1.807) is 0 Å². The van der Waals surface area contributed by atoms with Gasteiger partial charge in [0.2, 0.25) is 0 Å². The fraction of sp³-hybridized carbons (Fsp3) is 0.353. The SMILES string of the molecule is Cn1ccsc1=NC(=O)C1CCN(C(=O)c2ccc(Br)cc2)CC1. The highest BCUT2D eigenvalue weighted by Gasteiger charge is 2.27. The topological polar surface area (TPSA) is 54.7 Å². The summed E-state index contributed by atoms with van der Waals surface area (Å²) >= 11 is 4.82. The summed E-state index contributed by atoms with van der Waals surface area (Å²) in [6.07, 6.45) is 3.22. The number of halogens is 1. The molecule has 0 spiro atoms. The predicted octanol–water partition coefficient (Wildman–Crippen LogP) is 2.83. The molecule has 0 bridgehead atoms. The Hall–Kier alpha value is -1.73. The van der Waals surface area contributed by atoms with Gasteiger partial charge in [-0.05, 0) is 37.1 Å². The van der Waals surface area contributed by atoms with Gasteiger partial charge in [0, 0.05) is 47.7 Å². The Kier molecular flexibility index (Phi) is 5.30. The molecule has 1 aromatic heterocycles. The number of hydrogen-bond acceptors (Lipinski definition) is 3. The normalized spacial score (nSPS) is 16.4. The van der Waals surface area contributed by atoms with Crippen LogP contribution in [0.3, 0.4) is 0 Å². The van der Waals surface area contributed by atoms with Crippen molar-refractivity contribution in [3.05, 3.63) is 50.7 Å². The Labute approximate surface area is 152 Å². The third-order valence-electron chi connectivity index (χ3n) is 4.19. The molecule has 3 rings (SSSR count). The van der Waals surface area contributed by atoms with Crippen LogP contribution in [0.25, 0.3) is 0 Å². The minimum Gasteiger partial charge on any atom is -0.339 e. The smallest absolute Gasteiger partial charge is 0.253 e. The minimum absolute atomic E-state index is 0.0231. The van der Waals surface area contributed by atoms with E-state index < -0.39 is 0 Å². The molecule has 1 fully saturated rings. The number of rotatable bonds is 2.